The number of nitrogens with zero attached hydrogens (tertiary/aromatic N) is 2. The normalized spacial score (nSPS) is 11.4. The van der Waals surface area contributed by atoms with E-state index in [0.717, 1.165) is 10.8 Å². The number of aromatic nitrogens is 2. The molecule has 140 valence electrons. The fourth-order valence-corrected chi connectivity index (χ4v) is 2.62. The van der Waals surface area contributed by atoms with Crippen molar-refractivity contribution in [2.75, 3.05) is 13.2 Å². The van der Waals surface area contributed by atoms with Crippen LogP contribution >= 0.6 is 0 Å². The quantitative estimate of drug-likeness (QED) is 0.422. The third kappa shape index (κ3) is 4.49. The van der Waals surface area contributed by atoms with Crippen molar-refractivity contribution in [1.82, 2.24) is 15.3 Å². The van der Waals surface area contributed by atoms with Gasteiger partial charge in [0.2, 0.25) is 0 Å². The van der Waals surface area contributed by atoms with Crippen molar-refractivity contribution in [3.05, 3.63) is 42.2 Å². The van der Waals surface area contributed by atoms with E-state index in [1.807, 2.05) is 24.3 Å². The van der Waals surface area contributed by atoms with Gasteiger partial charge in [0.05, 0.1) is 12.1 Å². The van der Waals surface area contributed by atoms with E-state index in [2.05, 4.69) is 15.3 Å². The van der Waals surface area contributed by atoms with Crippen LogP contribution in [0.2, 0.25) is 0 Å². The number of carbonyl (C=O) groups excluding carboxylic acids is 2. The third-order valence-corrected chi connectivity index (χ3v) is 3.68. The number of rotatable bonds is 5. The molecule has 0 bridgehead atoms. The van der Waals surface area contributed by atoms with Crippen LogP contribution in [-0.4, -0.2) is 41.1 Å². The molecule has 2 aromatic heterocycles. The smallest absolute Gasteiger partial charge is 0.407 e. The van der Waals surface area contributed by atoms with Crippen LogP contribution in [0, 0.1) is 0 Å². The van der Waals surface area contributed by atoms with Crippen LogP contribution in [0.1, 0.15) is 31.3 Å². The van der Waals surface area contributed by atoms with Gasteiger partial charge in [-0.15, -0.1) is 0 Å². The zero-order valence-electron chi connectivity index (χ0n) is 15.5. The van der Waals surface area contributed by atoms with Crippen LogP contribution in [0.4, 0.5) is 4.79 Å². The molecule has 0 unspecified atom stereocenters. The molecule has 2 heterocycles. The van der Waals surface area contributed by atoms with Gasteiger partial charge in [0.15, 0.2) is 6.29 Å². The Labute approximate surface area is 156 Å². The van der Waals surface area contributed by atoms with Crippen molar-refractivity contribution >= 4 is 34.2 Å². The minimum absolute atomic E-state index is 0.219. The zero-order chi connectivity index (χ0) is 19.4. The Balaban J connectivity index is 1.79. The van der Waals surface area contributed by atoms with Crippen molar-refractivity contribution in [1.29, 1.82) is 0 Å². The lowest BCUT2D eigenvalue weighted by Crippen LogP contribution is -2.34. The highest BCUT2D eigenvalue weighted by molar-refractivity contribution is 6.05. The summed E-state index contributed by atoms with van der Waals surface area (Å²) in [4.78, 5) is 31.7. The second kappa shape index (κ2) is 7.57. The van der Waals surface area contributed by atoms with E-state index in [0.29, 0.717) is 23.1 Å². The van der Waals surface area contributed by atoms with Gasteiger partial charge in [-0.25, -0.2) is 9.78 Å². The first kappa shape index (κ1) is 18.6. The van der Waals surface area contributed by atoms with Gasteiger partial charge < -0.3 is 14.8 Å². The topological polar surface area (TPSA) is 90.4 Å². The molecule has 7 nitrogen and oxygen atoms in total. The number of amides is 1. The largest absolute Gasteiger partial charge is 0.491 e. The molecular weight excluding hydrogens is 346 g/mol. The lowest BCUT2D eigenvalue weighted by atomic mass is 10.1. The summed E-state index contributed by atoms with van der Waals surface area (Å²) in [6, 6.07) is 9.17. The van der Waals surface area contributed by atoms with Crippen LogP contribution < -0.4 is 10.1 Å². The molecule has 0 saturated heterocycles. The van der Waals surface area contributed by atoms with Crippen LogP contribution in [0.3, 0.4) is 0 Å². The molecule has 0 aliphatic rings. The van der Waals surface area contributed by atoms with Crippen LogP contribution in [-0.2, 0) is 4.74 Å². The molecule has 0 fully saturated rings. The van der Waals surface area contributed by atoms with E-state index in [1.54, 1.807) is 33.0 Å². The Morgan fingerprint density at radius 1 is 1.22 bits per heavy atom. The number of hydrogen-bond donors (Lipinski definition) is 1. The van der Waals surface area contributed by atoms with Crippen LogP contribution in [0.15, 0.2) is 36.5 Å². The van der Waals surface area contributed by atoms with E-state index >= 15 is 0 Å². The third-order valence-electron chi connectivity index (χ3n) is 3.68. The van der Waals surface area contributed by atoms with Crippen molar-refractivity contribution in [3.8, 4) is 5.75 Å². The number of fused-ring (bicyclic) bond motifs is 3. The maximum Gasteiger partial charge on any atom is 0.407 e. The molecule has 0 aliphatic heterocycles. The summed E-state index contributed by atoms with van der Waals surface area (Å²) in [6.07, 6.45) is 1.85. The zero-order valence-corrected chi connectivity index (χ0v) is 15.5. The molecule has 0 radical (unpaired) electrons. The Hall–Kier alpha value is -3.22. The highest BCUT2D eigenvalue weighted by atomic mass is 16.6. The van der Waals surface area contributed by atoms with Gasteiger partial charge >= 0.3 is 6.09 Å². The maximum atomic E-state index is 11.7. The predicted octanol–water partition coefficient (Wildman–Crippen LogP) is 3.50. The Bertz CT molecular complexity index is 996. The highest BCUT2D eigenvalue weighted by Gasteiger charge is 2.16. The summed E-state index contributed by atoms with van der Waals surface area (Å²) < 4.78 is 11.0. The number of hydrogen-bond acceptors (Lipinski definition) is 6. The molecule has 1 N–H and O–H groups in total. The molecule has 1 aromatic carbocycles. The molecule has 7 heteroatoms. The van der Waals surface area contributed by atoms with Gasteiger partial charge in [-0.3, -0.25) is 9.78 Å². The molecule has 1 amide bonds. The van der Waals surface area contributed by atoms with E-state index in [9.17, 15) is 9.59 Å². The van der Waals surface area contributed by atoms with Gasteiger partial charge in [0, 0.05) is 23.0 Å². The van der Waals surface area contributed by atoms with Gasteiger partial charge in [-0.2, -0.15) is 0 Å². The van der Waals surface area contributed by atoms with Gasteiger partial charge in [0.25, 0.3) is 0 Å². The Kier molecular flexibility index (Phi) is 5.21. The van der Waals surface area contributed by atoms with Crippen LogP contribution in [0.25, 0.3) is 21.8 Å². The molecule has 0 atom stereocenters. The molecular formula is C20H21N3O4. The van der Waals surface area contributed by atoms with Crippen molar-refractivity contribution in [2.24, 2.45) is 0 Å². The Morgan fingerprint density at radius 3 is 2.78 bits per heavy atom. The Morgan fingerprint density at radius 2 is 2.04 bits per heavy atom. The number of ether oxygens (including phenoxy) is 2. The SMILES string of the molecule is CC(C)(C)OC(=O)NCCOc1cc(C=O)nc2c1ccc1cccnc12. The van der Waals surface area contributed by atoms with E-state index < -0.39 is 11.7 Å². The van der Waals surface area contributed by atoms with Crippen LogP contribution in [0.5, 0.6) is 5.75 Å². The van der Waals surface area contributed by atoms with E-state index in [-0.39, 0.29) is 18.8 Å². The molecule has 27 heavy (non-hydrogen) atoms. The molecule has 3 rings (SSSR count). The minimum atomic E-state index is -0.556. The highest BCUT2D eigenvalue weighted by Crippen LogP contribution is 2.29. The lowest BCUT2D eigenvalue weighted by molar-refractivity contribution is 0.0520. The number of pyridine rings is 2. The fourth-order valence-electron chi connectivity index (χ4n) is 2.62. The first-order chi connectivity index (χ1) is 12.9. The van der Waals surface area contributed by atoms with Crippen molar-refractivity contribution in [2.45, 2.75) is 26.4 Å². The minimum Gasteiger partial charge on any atom is -0.491 e. The summed E-state index contributed by atoms with van der Waals surface area (Å²) in [5.74, 6) is 0.514. The first-order valence-corrected chi connectivity index (χ1v) is 8.61. The average molecular weight is 367 g/mol. The summed E-state index contributed by atoms with van der Waals surface area (Å²) in [6.45, 7) is 5.88. The standard InChI is InChI=1S/C20H21N3O4/c1-20(2,3)27-19(25)22-9-10-26-16-11-14(12-24)23-18-15(16)7-6-13-5-4-8-21-17(13)18/h4-8,11-12H,9-10H2,1-3H3,(H,22,25). The van der Waals surface area contributed by atoms with Crippen molar-refractivity contribution < 1.29 is 19.1 Å². The van der Waals surface area contributed by atoms with Gasteiger partial charge in [-0.1, -0.05) is 12.1 Å². The number of alkyl carbamates (subject to hydrolysis) is 1. The van der Waals surface area contributed by atoms with E-state index in [4.69, 9.17) is 9.47 Å². The summed E-state index contributed by atoms with van der Waals surface area (Å²) in [5.41, 5.74) is 1.01. The van der Waals surface area contributed by atoms with Gasteiger partial charge in [-0.05, 0) is 32.9 Å². The average Bonchev–Trinajstić information content (AvgIpc) is 2.63. The summed E-state index contributed by atoms with van der Waals surface area (Å²) in [5, 5.41) is 4.31. The maximum absolute atomic E-state index is 11.7. The number of nitrogens with one attached hydrogen (secondary N) is 1. The first-order valence-electron chi connectivity index (χ1n) is 8.61. The van der Waals surface area contributed by atoms with E-state index in [1.165, 1.54) is 0 Å². The fraction of sp³-hybridized carbons (Fsp3) is 0.300. The predicted molar refractivity (Wildman–Crippen MR) is 102 cm³/mol. The second-order valence-corrected chi connectivity index (χ2v) is 6.98. The molecule has 3 aromatic rings. The summed E-state index contributed by atoms with van der Waals surface area (Å²) in [7, 11) is 0. The second-order valence-electron chi connectivity index (χ2n) is 6.98. The van der Waals surface area contributed by atoms with Crippen molar-refractivity contribution in [3.63, 3.8) is 0 Å². The number of aldehydes is 1. The molecule has 0 aliphatic carbocycles. The monoisotopic (exact) mass is 367 g/mol. The molecule has 0 saturated carbocycles. The number of carbonyl (C=O) groups is 2. The number of benzene rings is 1. The summed E-state index contributed by atoms with van der Waals surface area (Å²) >= 11 is 0. The molecule has 0 spiro atoms. The van der Waals surface area contributed by atoms with Gasteiger partial charge in [0.1, 0.15) is 29.2 Å². The lowest BCUT2D eigenvalue weighted by Gasteiger charge is -2.19.